The van der Waals surface area contributed by atoms with Crippen LogP contribution in [0.5, 0.6) is 17.5 Å². The molecule has 10 nitrogen and oxygen atoms in total. The van der Waals surface area contributed by atoms with Gasteiger partial charge < -0.3 is 24.1 Å². The van der Waals surface area contributed by atoms with E-state index in [4.69, 9.17) is 35.6 Å². The van der Waals surface area contributed by atoms with E-state index in [-0.39, 0.29) is 5.96 Å². The molecular weight excluding hydrogens is 579 g/mol. The minimum atomic E-state index is -5.19. The molecule has 0 saturated heterocycles. The zero-order valence-electron chi connectivity index (χ0n) is 24.5. The fourth-order valence-corrected chi connectivity index (χ4v) is 3.47. The van der Waals surface area contributed by atoms with Gasteiger partial charge in [0.1, 0.15) is 17.5 Å². The molecule has 0 fully saturated rings. The predicted molar refractivity (Wildman–Crippen MR) is 160 cm³/mol. The van der Waals surface area contributed by atoms with E-state index in [0.717, 1.165) is 66.2 Å². The van der Waals surface area contributed by atoms with Gasteiger partial charge in [0.25, 0.3) is 0 Å². The van der Waals surface area contributed by atoms with Gasteiger partial charge in [0.05, 0.1) is 38.8 Å². The summed E-state index contributed by atoms with van der Waals surface area (Å²) in [6.45, 7) is 1.32. The maximum absolute atomic E-state index is 10.5. The molecule has 2 aromatic carbocycles. The second-order valence-corrected chi connectivity index (χ2v) is 9.14. The van der Waals surface area contributed by atoms with E-state index < -0.39 is 12.1 Å². The molecule has 0 radical (unpaired) electrons. The number of nitrogens with zero attached hydrogens (tertiary/aromatic N) is 2. The lowest BCUT2D eigenvalue weighted by molar-refractivity contribution is -0.459. The molecule has 0 saturated carbocycles. The van der Waals surface area contributed by atoms with E-state index in [0.29, 0.717) is 12.6 Å². The predicted octanol–water partition coefficient (Wildman–Crippen LogP) is 2.43. The lowest BCUT2D eigenvalue weighted by Gasteiger charge is -2.07. The Balaban J connectivity index is 0.000000860. The third-order valence-corrected chi connectivity index (χ3v) is 5.73. The first kappa shape index (κ1) is 35.1. The number of ether oxygens (including phenoxy) is 3. The number of hydrogen-bond acceptors (Lipinski definition) is 7. The zero-order chi connectivity index (χ0) is 32.4. The van der Waals surface area contributed by atoms with Crippen LogP contribution in [0.2, 0.25) is 0 Å². The molecule has 0 bridgehead atoms. The Morgan fingerprint density at radius 2 is 1.27 bits per heavy atom. The molecule has 0 unspecified atom stereocenters. The van der Waals surface area contributed by atoms with Crippen molar-refractivity contribution in [3.8, 4) is 17.5 Å². The number of benzene rings is 2. The fourth-order valence-electron chi connectivity index (χ4n) is 3.47. The van der Waals surface area contributed by atoms with Gasteiger partial charge in [0, 0.05) is 0 Å². The van der Waals surface area contributed by atoms with E-state index in [1.807, 2.05) is 78.9 Å². The van der Waals surface area contributed by atoms with Gasteiger partial charge in [-0.1, -0.05) is 42.8 Å². The summed E-state index contributed by atoms with van der Waals surface area (Å²) in [6, 6.07) is 18.0. The first-order chi connectivity index (χ1) is 21.0. The van der Waals surface area contributed by atoms with E-state index in [9.17, 15) is 13.2 Å². The average Bonchev–Trinajstić information content (AvgIpc) is 3.00. The molecule has 0 aliphatic carbocycles. The number of carboxylic acids is 1. The van der Waals surface area contributed by atoms with Crippen LogP contribution in [0.25, 0.3) is 24.3 Å². The number of aliphatic carboxylic acids is 1. The summed E-state index contributed by atoms with van der Waals surface area (Å²) in [5.74, 6) is -1.11. The molecule has 3 rings (SSSR count). The van der Waals surface area contributed by atoms with Crippen molar-refractivity contribution in [2.45, 2.75) is 31.9 Å². The van der Waals surface area contributed by atoms with Crippen molar-refractivity contribution < 1.29 is 42.3 Å². The molecule has 0 aliphatic heterocycles. The molecular formula is C31H36F3N5O5. The first-order valence-corrected chi connectivity index (χ1v) is 13.6. The Morgan fingerprint density at radius 3 is 1.68 bits per heavy atom. The third-order valence-electron chi connectivity index (χ3n) is 5.73. The molecule has 0 aliphatic rings. The van der Waals surface area contributed by atoms with Crippen LogP contribution >= 0.6 is 0 Å². The molecule has 13 heteroatoms. The number of carbonyl (C=O) groups is 1. The number of hydrogen-bond donors (Lipinski definition) is 3. The van der Waals surface area contributed by atoms with E-state index in [1.165, 1.54) is 0 Å². The van der Waals surface area contributed by atoms with Crippen molar-refractivity contribution in [2.24, 2.45) is 11.5 Å². The lowest BCUT2D eigenvalue weighted by Crippen LogP contribution is -2.78. The van der Waals surface area contributed by atoms with Gasteiger partial charge >= 0.3 is 18.1 Å². The molecule has 44 heavy (non-hydrogen) atoms. The number of alkyl halides is 3. The molecule has 0 amide bonds. The average molecular weight is 616 g/mol. The number of unbranched alkanes of at least 4 members (excludes halogenated alkanes) is 3. The fraction of sp³-hybridized carbons (Fsp3) is 0.290. The maximum atomic E-state index is 10.5. The van der Waals surface area contributed by atoms with Crippen LogP contribution in [0.1, 0.15) is 48.2 Å². The van der Waals surface area contributed by atoms with Crippen molar-refractivity contribution in [3.05, 3.63) is 77.1 Å². The highest BCUT2D eigenvalue weighted by Gasteiger charge is 2.28. The van der Waals surface area contributed by atoms with Crippen LogP contribution in [0.4, 0.5) is 13.2 Å². The largest absolute Gasteiger partial charge is 0.542 e. The van der Waals surface area contributed by atoms with E-state index >= 15 is 0 Å². The smallest absolute Gasteiger partial charge is 0.430 e. The number of nitrogens with two attached hydrogens (primary N) is 2. The van der Waals surface area contributed by atoms with Crippen molar-refractivity contribution in [2.75, 3.05) is 27.4 Å². The monoisotopic (exact) mass is 615 g/mol. The van der Waals surface area contributed by atoms with Crippen LogP contribution in [-0.4, -0.2) is 55.4 Å². The molecule has 1 heterocycles. The highest BCUT2D eigenvalue weighted by atomic mass is 19.4. The van der Waals surface area contributed by atoms with Gasteiger partial charge in [-0.25, -0.2) is 0 Å². The molecule has 3 aromatic rings. The normalized spacial score (nSPS) is 11.1. The summed E-state index contributed by atoms with van der Waals surface area (Å²) < 4.78 is 47.9. The van der Waals surface area contributed by atoms with Crippen molar-refractivity contribution in [1.29, 1.82) is 0 Å². The van der Waals surface area contributed by atoms with Crippen molar-refractivity contribution in [3.63, 3.8) is 0 Å². The molecule has 0 spiro atoms. The number of methoxy groups -OCH3 is 2. The molecule has 0 atom stereocenters. The summed E-state index contributed by atoms with van der Waals surface area (Å²) in [7, 11) is 3.31. The van der Waals surface area contributed by atoms with Crippen LogP contribution in [-0.2, 0) is 4.79 Å². The Morgan fingerprint density at radius 1 is 0.818 bits per heavy atom. The lowest BCUT2D eigenvalue weighted by atomic mass is 10.1. The van der Waals surface area contributed by atoms with E-state index in [1.54, 1.807) is 14.2 Å². The Bertz CT molecular complexity index is 1310. The SMILES string of the molecule is COc1ccc(C=Cc2cc(C=Cc3ccc(OC)cc3)nc(OCCCCCC[NH+]=C(N)N)n2)cc1.O=C([O-])C(F)(F)F. The van der Waals surface area contributed by atoms with Gasteiger partial charge in [-0.15, -0.1) is 0 Å². The van der Waals surface area contributed by atoms with Crippen LogP contribution in [0.3, 0.4) is 0 Å². The second-order valence-electron chi connectivity index (χ2n) is 9.14. The summed E-state index contributed by atoms with van der Waals surface area (Å²) in [4.78, 5) is 20.9. The Kier molecular flexibility index (Phi) is 14.7. The van der Waals surface area contributed by atoms with Gasteiger partial charge in [0.15, 0.2) is 0 Å². The Labute approximate surface area is 253 Å². The van der Waals surface area contributed by atoms with Crippen LogP contribution in [0.15, 0.2) is 54.6 Å². The number of carboxylic acid groups (broad SMARTS) is 1. The highest BCUT2D eigenvalue weighted by molar-refractivity contribution is 5.72. The number of guanidine groups is 1. The van der Waals surface area contributed by atoms with Gasteiger partial charge in [-0.2, -0.15) is 23.1 Å². The number of aromatic nitrogens is 2. The van der Waals surface area contributed by atoms with E-state index in [2.05, 4.69) is 15.0 Å². The number of nitrogens with one attached hydrogen (secondary N) is 1. The minimum absolute atomic E-state index is 0.262. The standard InChI is InChI=1S/C29H35N5O3.C2HF3O2/c1-35-26-15-9-22(10-16-26)7-13-24-21-25(14-8-23-11-17-27(36-2)18-12-23)34-29(33-24)37-20-6-4-3-5-19-32-28(30)31;3-2(4,5)1(6)7/h7-18,21H,3-6,19-20H2,1-2H3,(H4,30,31,32);(H,6,7). The summed E-state index contributed by atoms with van der Waals surface area (Å²) in [6.07, 6.45) is 6.72. The number of carbonyl (C=O) groups excluding carboxylic acids is 1. The van der Waals surface area contributed by atoms with Gasteiger partial charge in [-0.05, 0) is 72.9 Å². The third kappa shape index (κ3) is 14.2. The van der Waals surface area contributed by atoms with Gasteiger partial charge in [0.2, 0.25) is 0 Å². The summed E-state index contributed by atoms with van der Waals surface area (Å²) >= 11 is 0. The quantitative estimate of drug-likeness (QED) is 0.141. The summed E-state index contributed by atoms with van der Waals surface area (Å²) in [5.41, 5.74) is 14.4. The first-order valence-electron chi connectivity index (χ1n) is 13.6. The zero-order valence-corrected chi connectivity index (χ0v) is 24.5. The second kappa shape index (κ2) is 18.5. The topological polar surface area (TPSA) is 160 Å². The highest BCUT2D eigenvalue weighted by Crippen LogP contribution is 2.18. The minimum Gasteiger partial charge on any atom is -0.542 e. The number of halogens is 3. The molecule has 236 valence electrons. The van der Waals surface area contributed by atoms with Gasteiger partial charge in [-0.3, -0.25) is 16.5 Å². The van der Waals surface area contributed by atoms with Crippen LogP contribution < -0.4 is 35.8 Å². The summed E-state index contributed by atoms with van der Waals surface area (Å²) in [5, 5.41) is 8.78. The molecule has 5 N–H and O–H groups in total. The maximum Gasteiger partial charge on any atom is 0.430 e. The van der Waals surface area contributed by atoms with Crippen LogP contribution in [0, 0.1) is 0 Å². The number of rotatable bonds is 14. The molecule has 1 aromatic heterocycles. The Hall–Kier alpha value is -5.07. The van der Waals surface area contributed by atoms with Crippen molar-refractivity contribution >= 4 is 36.2 Å². The van der Waals surface area contributed by atoms with Crippen molar-refractivity contribution in [1.82, 2.24) is 9.97 Å².